The molecule has 242 valence electrons. The van der Waals surface area contributed by atoms with Gasteiger partial charge in [-0.1, -0.05) is 117 Å². The highest BCUT2D eigenvalue weighted by molar-refractivity contribution is 8.06. The van der Waals surface area contributed by atoms with Gasteiger partial charge in [0, 0.05) is 25.0 Å². The average molecular weight is 636 g/mol. The van der Waals surface area contributed by atoms with Gasteiger partial charge in [-0.25, -0.2) is 0 Å². The second kappa shape index (κ2) is 21.0. The van der Waals surface area contributed by atoms with Crippen LogP contribution in [-0.4, -0.2) is 10.9 Å². The van der Waals surface area contributed by atoms with E-state index in [0.717, 1.165) is 36.8 Å². The molecule has 0 spiro atoms. The van der Waals surface area contributed by atoms with Gasteiger partial charge >= 0.3 is 0 Å². The smallest absolute Gasteiger partial charge is 0.218 e. The van der Waals surface area contributed by atoms with Crippen molar-refractivity contribution < 1.29 is 9.90 Å². The zero-order valence-corrected chi connectivity index (χ0v) is 29.9. The highest BCUT2D eigenvalue weighted by Gasteiger charge is 2.32. The first-order valence-electron chi connectivity index (χ1n) is 18.0. The second-order valence-electron chi connectivity index (χ2n) is 12.7. The Kier molecular flexibility index (Phi) is 17.4. The Hall–Kier alpha value is -1.91. The van der Waals surface area contributed by atoms with Crippen molar-refractivity contribution in [2.75, 3.05) is 0 Å². The Morgan fingerprint density at radius 3 is 1.52 bits per heavy atom. The number of aryl methyl sites for hydroxylation is 2. The number of hydrogen-bond donors (Lipinski definition) is 1. The minimum Gasteiger partial charge on any atom is -0.506 e. The minimum atomic E-state index is -0.0365. The van der Waals surface area contributed by atoms with Gasteiger partial charge in [-0.2, -0.15) is 0 Å². The number of thioether (sulfide) groups is 1. The van der Waals surface area contributed by atoms with Gasteiger partial charge in [-0.3, -0.25) is 4.79 Å². The number of Topliss-reactive ketones (excluding diaryl/α,β-unsaturated/α-hetero) is 1. The lowest BCUT2D eigenvalue weighted by atomic mass is 9.85. The molecule has 0 amide bonds. The number of aliphatic hydroxyl groups excluding tert-OH is 1. The number of rotatable bonds is 22. The lowest BCUT2D eigenvalue weighted by molar-refractivity contribution is -0.113. The van der Waals surface area contributed by atoms with Crippen LogP contribution in [0.4, 0.5) is 0 Å². The van der Waals surface area contributed by atoms with Gasteiger partial charge < -0.3 is 5.11 Å². The maximum Gasteiger partial charge on any atom is 0.218 e. The van der Waals surface area contributed by atoms with Crippen LogP contribution in [0.2, 0.25) is 0 Å². The Balaban J connectivity index is 1.81. The van der Waals surface area contributed by atoms with Crippen molar-refractivity contribution in [1.29, 1.82) is 0 Å². The minimum absolute atomic E-state index is 0.0365. The molecule has 1 aliphatic carbocycles. The third-order valence-electron chi connectivity index (χ3n) is 8.56. The molecular formula is C40H59O2S2+. The summed E-state index contributed by atoms with van der Waals surface area (Å²) in [4.78, 5) is 19.0. The monoisotopic (exact) mass is 635 g/mol. The molecular weight excluding hydrogens is 577 g/mol. The average Bonchev–Trinajstić information content (AvgIpc) is 3.03. The van der Waals surface area contributed by atoms with Crippen molar-refractivity contribution in [2.24, 2.45) is 0 Å². The number of carbonyl (C=O) groups excluding carboxylic acids is 1. The van der Waals surface area contributed by atoms with Gasteiger partial charge in [0.05, 0.1) is 11.1 Å². The van der Waals surface area contributed by atoms with E-state index in [2.05, 4.69) is 52.0 Å². The summed E-state index contributed by atoms with van der Waals surface area (Å²) in [6.07, 6.45) is 32.7. The summed E-state index contributed by atoms with van der Waals surface area (Å²) < 4.78 is 0. The molecule has 0 fully saturated rings. The fourth-order valence-electron chi connectivity index (χ4n) is 5.89. The number of allylic oxidation sites excluding steroid dienone is 8. The maximum absolute atomic E-state index is 13.4. The lowest BCUT2D eigenvalue weighted by Gasteiger charge is -2.21. The molecule has 1 N–H and O–H groups in total. The van der Waals surface area contributed by atoms with Crippen LogP contribution in [0.15, 0.2) is 62.6 Å². The first-order chi connectivity index (χ1) is 21.5. The molecule has 0 saturated heterocycles. The predicted octanol–water partition coefficient (Wildman–Crippen LogP) is 13.4. The molecule has 0 radical (unpaired) electrons. The third kappa shape index (κ3) is 12.5. The Morgan fingerprint density at radius 2 is 1.09 bits per heavy atom. The predicted molar refractivity (Wildman–Crippen MR) is 196 cm³/mol. The molecule has 1 aromatic rings. The summed E-state index contributed by atoms with van der Waals surface area (Å²) in [7, 11) is 0. The summed E-state index contributed by atoms with van der Waals surface area (Å²) in [6.45, 7) is 9.02. The molecule has 0 unspecified atom stereocenters. The number of unbranched alkanes of at least 4 members (excludes halogenated alkanes) is 12. The molecule has 1 aliphatic heterocycles. The first-order valence-corrected chi connectivity index (χ1v) is 19.6. The van der Waals surface area contributed by atoms with E-state index in [9.17, 15) is 9.90 Å². The summed E-state index contributed by atoms with van der Waals surface area (Å²) in [6, 6.07) is 4.49. The molecule has 44 heavy (non-hydrogen) atoms. The maximum atomic E-state index is 13.4. The van der Waals surface area contributed by atoms with E-state index in [-0.39, 0.29) is 11.5 Å². The number of ketones is 1. The van der Waals surface area contributed by atoms with Crippen LogP contribution >= 0.6 is 23.1 Å². The van der Waals surface area contributed by atoms with Crippen LogP contribution < -0.4 is 0 Å². The van der Waals surface area contributed by atoms with E-state index in [1.54, 1.807) is 0 Å². The van der Waals surface area contributed by atoms with Crippen molar-refractivity contribution >= 4 is 35.0 Å². The van der Waals surface area contributed by atoms with Crippen LogP contribution in [0.1, 0.15) is 159 Å². The van der Waals surface area contributed by atoms with Gasteiger partial charge in [-0.05, 0) is 83.8 Å². The largest absolute Gasteiger partial charge is 0.506 e. The molecule has 2 aliphatic rings. The second-order valence-corrected chi connectivity index (χ2v) is 15.2. The molecule has 1 aromatic heterocycles. The Morgan fingerprint density at radius 1 is 0.636 bits per heavy atom. The summed E-state index contributed by atoms with van der Waals surface area (Å²) in [5.74, 6) is 0.114. The molecule has 0 atom stereocenters. The summed E-state index contributed by atoms with van der Waals surface area (Å²) in [5.41, 5.74) is 3.03. The van der Waals surface area contributed by atoms with E-state index in [1.807, 2.05) is 35.3 Å². The lowest BCUT2D eigenvalue weighted by Crippen LogP contribution is -2.21. The number of carbonyl (C=O) groups is 1. The first kappa shape index (κ1) is 36.6. The molecule has 4 heteroatoms. The Bertz CT molecular complexity index is 1150. The summed E-state index contributed by atoms with van der Waals surface area (Å²) >= 11 is 3.87. The SMILES string of the molecule is CCCCCCC1=CC(=CC2=C(O)C(=Cc3cc(CCCCCC)[s+]c(CCCCCC)c3)C2=O)C=C(CCCCCC)S1. The van der Waals surface area contributed by atoms with E-state index in [4.69, 9.17) is 0 Å². The van der Waals surface area contributed by atoms with E-state index in [1.165, 1.54) is 122 Å². The van der Waals surface area contributed by atoms with E-state index < -0.39 is 0 Å². The topological polar surface area (TPSA) is 37.3 Å². The number of hydrogen-bond acceptors (Lipinski definition) is 3. The molecule has 0 saturated carbocycles. The zero-order valence-electron chi connectivity index (χ0n) is 28.3. The quantitative estimate of drug-likeness (QED) is 0.0782. The molecule has 2 heterocycles. The third-order valence-corrected chi connectivity index (χ3v) is 10.9. The van der Waals surface area contributed by atoms with Gasteiger partial charge in [-0.15, -0.1) is 0 Å². The highest BCUT2D eigenvalue weighted by Crippen LogP contribution is 2.40. The fourth-order valence-corrected chi connectivity index (χ4v) is 8.33. The summed E-state index contributed by atoms with van der Waals surface area (Å²) in [5, 5.41) is 11.1. The Labute approximate surface area is 277 Å². The van der Waals surface area contributed by atoms with E-state index in [0.29, 0.717) is 11.1 Å². The highest BCUT2D eigenvalue weighted by atomic mass is 32.2. The van der Waals surface area contributed by atoms with Crippen LogP contribution in [0, 0.1) is 0 Å². The van der Waals surface area contributed by atoms with Crippen molar-refractivity contribution in [3.8, 4) is 0 Å². The molecule has 0 aromatic carbocycles. The normalized spacial score (nSPS) is 16.0. The van der Waals surface area contributed by atoms with Gasteiger partial charge in [0.15, 0.2) is 0 Å². The van der Waals surface area contributed by atoms with Gasteiger partial charge in [0.2, 0.25) is 26.9 Å². The van der Waals surface area contributed by atoms with Crippen LogP contribution in [0.5, 0.6) is 0 Å². The van der Waals surface area contributed by atoms with Crippen LogP contribution in [0.25, 0.3) is 6.08 Å². The number of aliphatic hydroxyl groups is 1. The van der Waals surface area contributed by atoms with Crippen molar-refractivity contribution in [3.05, 3.63) is 78.0 Å². The zero-order chi connectivity index (χ0) is 31.6. The van der Waals surface area contributed by atoms with Gasteiger partial charge in [0.25, 0.3) is 0 Å². The van der Waals surface area contributed by atoms with Crippen molar-refractivity contribution in [3.63, 3.8) is 0 Å². The van der Waals surface area contributed by atoms with Crippen LogP contribution in [0.3, 0.4) is 0 Å². The molecule has 2 nitrogen and oxygen atoms in total. The van der Waals surface area contributed by atoms with Gasteiger partial charge in [0.1, 0.15) is 5.76 Å². The fraction of sp³-hybridized carbons (Fsp3) is 0.600. The van der Waals surface area contributed by atoms with Crippen molar-refractivity contribution in [1.82, 2.24) is 0 Å². The van der Waals surface area contributed by atoms with Crippen molar-refractivity contribution in [2.45, 2.75) is 156 Å². The van der Waals surface area contributed by atoms with E-state index >= 15 is 0 Å². The molecule has 0 bridgehead atoms. The molecule has 3 rings (SSSR count). The van der Waals surface area contributed by atoms with Crippen LogP contribution in [-0.2, 0) is 17.6 Å². The standard InChI is InChI=1S/C40H58O2S2/c1-5-9-13-17-21-33-25-31(26-34(43-33)22-18-14-10-6-2)29-37-39(41)38(40(37)42)30-32-27-35(23-19-15-11-7-3)44-36(28-32)24-20-16-12-8-4/h25-30H,5-24H2,1-4H3/p+1.